The van der Waals surface area contributed by atoms with Gasteiger partial charge >= 0.3 is 6.18 Å². The molecule has 3 aromatic rings. The van der Waals surface area contributed by atoms with E-state index < -0.39 is 28.9 Å². The van der Waals surface area contributed by atoms with E-state index in [4.69, 9.17) is 4.55 Å². The number of anilines is 1. The molecule has 0 bridgehead atoms. The van der Waals surface area contributed by atoms with Crippen LogP contribution in [0.25, 0.3) is 16.5 Å². The fourth-order valence-corrected chi connectivity index (χ4v) is 3.11. The van der Waals surface area contributed by atoms with E-state index in [-0.39, 0.29) is 18.0 Å². The first-order valence-corrected chi connectivity index (χ1v) is 9.92. The van der Waals surface area contributed by atoms with Crippen molar-refractivity contribution in [2.75, 3.05) is 11.1 Å². The summed E-state index contributed by atoms with van der Waals surface area (Å²) in [4.78, 5) is 15.9. The number of fused-ring (bicyclic) bond motifs is 1. The van der Waals surface area contributed by atoms with Gasteiger partial charge in [-0.25, -0.2) is 9.19 Å². The number of hydrogen-bond donors (Lipinski definition) is 2. The monoisotopic (exact) mass is 438 g/mol. The van der Waals surface area contributed by atoms with Gasteiger partial charge in [0, 0.05) is 22.8 Å². The number of aromatic nitrogens is 3. The highest BCUT2D eigenvalue weighted by molar-refractivity contribution is 7.79. The average molecular weight is 438 g/mol. The zero-order valence-corrected chi connectivity index (χ0v) is 16.5. The summed E-state index contributed by atoms with van der Waals surface area (Å²) in [6, 6.07) is 6.39. The summed E-state index contributed by atoms with van der Waals surface area (Å²) in [5, 5.41) is 7.54. The number of allylic oxidation sites excluding steroid dienone is 1. The van der Waals surface area contributed by atoms with Gasteiger partial charge in [0.15, 0.2) is 11.1 Å². The third kappa shape index (κ3) is 4.92. The summed E-state index contributed by atoms with van der Waals surface area (Å²) in [5.74, 6) is -0.794. The van der Waals surface area contributed by atoms with Crippen molar-refractivity contribution in [3.05, 3.63) is 60.1 Å². The lowest BCUT2D eigenvalue weighted by atomic mass is 10.0. The Hall–Kier alpha value is -3.05. The number of pyridine rings is 1. The molecule has 2 aromatic heterocycles. The number of carbonyl (C=O) groups is 1. The fourth-order valence-electron chi connectivity index (χ4n) is 2.77. The highest BCUT2D eigenvalue weighted by Crippen LogP contribution is 2.30. The van der Waals surface area contributed by atoms with Crippen molar-refractivity contribution in [3.63, 3.8) is 0 Å². The van der Waals surface area contributed by atoms with Gasteiger partial charge in [0.2, 0.25) is 0 Å². The molecule has 0 spiro atoms. The molecule has 1 amide bonds. The summed E-state index contributed by atoms with van der Waals surface area (Å²) in [6.07, 6.45) is -3.02. The molecule has 0 aliphatic heterocycles. The van der Waals surface area contributed by atoms with Gasteiger partial charge in [0.25, 0.3) is 5.91 Å². The second-order valence-electron chi connectivity index (χ2n) is 6.51. The maximum atomic E-state index is 12.9. The van der Waals surface area contributed by atoms with Crippen molar-refractivity contribution in [3.8, 4) is 0 Å². The summed E-state index contributed by atoms with van der Waals surface area (Å²) in [7, 11) is 0. The number of halogens is 3. The number of nitrogens with one attached hydrogen (secondary N) is 1. The third-order valence-corrected chi connectivity index (χ3v) is 4.70. The lowest BCUT2D eigenvalue weighted by Gasteiger charge is -2.12. The molecule has 0 fully saturated rings. The van der Waals surface area contributed by atoms with Gasteiger partial charge in [-0.15, -0.1) is 0 Å². The molecule has 1 atom stereocenters. The normalized spacial score (nSPS) is 12.7. The minimum absolute atomic E-state index is 0.00609. The smallest absolute Gasteiger partial charge is 0.320 e. The number of benzene rings is 1. The topological polar surface area (TPSA) is 97.1 Å². The Morgan fingerprint density at radius 3 is 2.70 bits per heavy atom. The van der Waals surface area contributed by atoms with Crippen LogP contribution in [0.4, 0.5) is 18.9 Å². The number of carbonyl (C=O) groups excluding carboxylic acids is 1. The van der Waals surface area contributed by atoms with E-state index >= 15 is 0 Å². The Bertz CT molecular complexity index is 1160. The van der Waals surface area contributed by atoms with Crippen LogP contribution in [-0.2, 0) is 23.8 Å². The Balaban J connectivity index is 1.94. The van der Waals surface area contributed by atoms with Gasteiger partial charge in [-0.05, 0) is 36.8 Å². The first-order chi connectivity index (χ1) is 14.0. The Kier molecular flexibility index (Phi) is 6.04. The van der Waals surface area contributed by atoms with Crippen LogP contribution < -0.4 is 5.32 Å². The minimum atomic E-state index is -4.66. The lowest BCUT2D eigenvalue weighted by molar-refractivity contribution is -0.141. The highest BCUT2D eigenvalue weighted by Gasteiger charge is 2.33. The fraction of sp³-hybridized carbons (Fsp3) is 0.211. The second-order valence-corrected chi connectivity index (χ2v) is 7.57. The number of rotatable bonds is 6. The van der Waals surface area contributed by atoms with Crippen molar-refractivity contribution in [1.82, 2.24) is 14.8 Å². The molecular weight excluding hydrogens is 421 g/mol. The molecule has 30 heavy (non-hydrogen) atoms. The molecule has 0 saturated heterocycles. The Morgan fingerprint density at radius 1 is 1.33 bits per heavy atom. The first kappa shape index (κ1) is 21.7. The van der Waals surface area contributed by atoms with E-state index in [0.29, 0.717) is 27.7 Å². The van der Waals surface area contributed by atoms with Gasteiger partial charge in [-0.1, -0.05) is 12.6 Å². The molecule has 0 aliphatic carbocycles. The molecule has 2 heterocycles. The van der Waals surface area contributed by atoms with Crippen LogP contribution in [0.1, 0.15) is 28.7 Å². The molecule has 7 nitrogen and oxygen atoms in total. The predicted molar refractivity (Wildman–Crippen MR) is 107 cm³/mol. The molecule has 2 N–H and O–H groups in total. The number of nitrogens with zero attached hydrogens (tertiary/aromatic N) is 3. The van der Waals surface area contributed by atoms with Crippen LogP contribution in [0.2, 0.25) is 0 Å². The Morgan fingerprint density at radius 2 is 2.07 bits per heavy atom. The van der Waals surface area contributed by atoms with E-state index in [1.165, 1.54) is 10.7 Å². The highest BCUT2D eigenvalue weighted by atomic mass is 32.2. The van der Waals surface area contributed by atoms with Gasteiger partial charge < -0.3 is 9.87 Å². The molecule has 0 saturated carbocycles. The Labute approximate surface area is 171 Å². The van der Waals surface area contributed by atoms with Gasteiger partial charge in [0.1, 0.15) is 11.4 Å². The summed E-state index contributed by atoms with van der Waals surface area (Å²) < 4.78 is 59.9. The molecular formula is C19H17F3N4O3S. The van der Waals surface area contributed by atoms with E-state index in [2.05, 4.69) is 22.0 Å². The molecule has 1 unspecified atom stereocenters. The van der Waals surface area contributed by atoms with Crippen LogP contribution in [0.3, 0.4) is 0 Å². The number of hydrogen-bond acceptors (Lipinski definition) is 4. The van der Waals surface area contributed by atoms with Gasteiger partial charge in [-0.2, -0.15) is 18.3 Å². The van der Waals surface area contributed by atoms with E-state index in [1.54, 1.807) is 25.3 Å². The average Bonchev–Trinajstić information content (AvgIpc) is 3.07. The predicted octanol–water partition coefficient (Wildman–Crippen LogP) is 3.96. The number of alkyl halides is 3. The largest absolute Gasteiger partial charge is 0.433 e. The van der Waals surface area contributed by atoms with Crippen molar-refractivity contribution < 1.29 is 26.7 Å². The van der Waals surface area contributed by atoms with E-state index in [9.17, 15) is 22.2 Å². The van der Waals surface area contributed by atoms with Crippen molar-refractivity contribution in [2.45, 2.75) is 19.6 Å². The maximum Gasteiger partial charge on any atom is 0.433 e. The van der Waals surface area contributed by atoms with Crippen molar-refractivity contribution in [2.24, 2.45) is 0 Å². The second kappa shape index (κ2) is 8.36. The zero-order chi connectivity index (χ0) is 22.1. The maximum absolute atomic E-state index is 12.9. The standard InChI is InChI=1S/C19H17F3N4O3S/c1-11(2)13-9-15-12(10-26(25-15)6-7-30(28)29)8-16(13)24-18(27)14-4-3-5-17(23-14)19(20,21)22/h3-5,8-10H,1,6-7H2,2H3,(H,24,27)(H,28,29). The molecule has 0 aliphatic rings. The molecule has 3 rings (SSSR count). The van der Waals surface area contributed by atoms with Crippen LogP contribution in [0.5, 0.6) is 0 Å². The minimum Gasteiger partial charge on any atom is -0.320 e. The zero-order valence-electron chi connectivity index (χ0n) is 15.7. The van der Waals surface area contributed by atoms with Crippen molar-refractivity contribution >= 4 is 39.2 Å². The summed E-state index contributed by atoms with van der Waals surface area (Å²) >= 11 is -1.96. The SMILES string of the molecule is C=C(C)c1cc2nn(CCS(=O)O)cc2cc1NC(=O)c1cccc(C(F)(F)F)n1. The summed E-state index contributed by atoms with van der Waals surface area (Å²) in [5.41, 5.74) is 0.539. The molecule has 1 aromatic carbocycles. The van der Waals surface area contributed by atoms with Crippen LogP contribution in [0, 0.1) is 0 Å². The number of aryl methyl sites for hydroxylation is 1. The number of amides is 1. The van der Waals surface area contributed by atoms with Gasteiger partial charge in [0.05, 0.1) is 17.8 Å². The molecule has 0 radical (unpaired) electrons. The molecule has 158 valence electrons. The van der Waals surface area contributed by atoms with Crippen LogP contribution in [-0.4, -0.2) is 35.2 Å². The summed E-state index contributed by atoms with van der Waals surface area (Å²) in [6.45, 7) is 5.79. The quantitative estimate of drug-likeness (QED) is 0.568. The van der Waals surface area contributed by atoms with Crippen LogP contribution in [0.15, 0.2) is 43.1 Å². The lowest BCUT2D eigenvalue weighted by Crippen LogP contribution is -2.17. The third-order valence-electron chi connectivity index (χ3n) is 4.17. The van der Waals surface area contributed by atoms with Gasteiger partial charge in [-0.3, -0.25) is 9.48 Å². The van der Waals surface area contributed by atoms with E-state index in [0.717, 1.165) is 12.1 Å². The first-order valence-electron chi connectivity index (χ1n) is 8.65. The molecule has 11 heteroatoms. The van der Waals surface area contributed by atoms with Crippen LogP contribution >= 0.6 is 0 Å². The van der Waals surface area contributed by atoms with Crippen molar-refractivity contribution in [1.29, 1.82) is 0 Å². The van der Waals surface area contributed by atoms with E-state index in [1.807, 2.05) is 0 Å².